The molecule has 1 atom stereocenters. The van der Waals surface area contributed by atoms with E-state index in [1.807, 2.05) is 13.0 Å². The van der Waals surface area contributed by atoms with Crippen molar-refractivity contribution in [3.05, 3.63) is 45.1 Å². The second kappa shape index (κ2) is 2.99. The van der Waals surface area contributed by atoms with Crippen LogP contribution >= 0.6 is 0 Å². The zero-order chi connectivity index (χ0) is 9.42. The quantitative estimate of drug-likeness (QED) is 0.590. The Labute approximate surface area is 78.4 Å². The van der Waals surface area contributed by atoms with E-state index in [-0.39, 0.29) is 5.43 Å². The van der Waals surface area contributed by atoms with Gasteiger partial charge in [0.15, 0.2) is 5.43 Å². The second-order valence-corrected chi connectivity index (χ2v) is 3.94. The zero-order valence-electron chi connectivity index (χ0n) is 8.13. The average molecular weight is 174 g/mol. The summed E-state index contributed by atoms with van der Waals surface area (Å²) in [5, 5.41) is 0. The Kier molecular flexibility index (Phi) is 1.95. The highest BCUT2D eigenvalue weighted by Gasteiger charge is 2.18. The molecule has 1 heteroatoms. The van der Waals surface area contributed by atoms with E-state index < -0.39 is 0 Å². The molecule has 0 radical (unpaired) electrons. The van der Waals surface area contributed by atoms with Crippen molar-refractivity contribution in [1.82, 2.24) is 0 Å². The molecule has 0 saturated heterocycles. The summed E-state index contributed by atoms with van der Waals surface area (Å²) < 4.78 is 0. The van der Waals surface area contributed by atoms with Crippen molar-refractivity contribution in [2.24, 2.45) is 0 Å². The third kappa shape index (κ3) is 1.39. The molecule has 0 spiro atoms. The van der Waals surface area contributed by atoms with Crippen LogP contribution in [0, 0.1) is 6.92 Å². The van der Waals surface area contributed by atoms with Gasteiger partial charge in [0.05, 0.1) is 0 Å². The molecule has 1 aliphatic carbocycles. The summed E-state index contributed by atoms with van der Waals surface area (Å²) in [5.41, 5.74) is 4.06. The van der Waals surface area contributed by atoms with E-state index in [0.29, 0.717) is 5.92 Å². The largest absolute Gasteiger partial charge is 0.290 e. The molecule has 0 saturated carbocycles. The Morgan fingerprint density at radius 2 is 2.15 bits per heavy atom. The molecular weight excluding hydrogens is 160 g/mol. The topological polar surface area (TPSA) is 17.1 Å². The first kappa shape index (κ1) is 8.49. The van der Waals surface area contributed by atoms with Crippen LogP contribution in [0.4, 0.5) is 0 Å². The molecule has 1 aromatic carbocycles. The number of aryl methyl sites for hydroxylation is 1. The lowest BCUT2D eigenvalue weighted by atomic mass is 10.0. The van der Waals surface area contributed by atoms with Crippen LogP contribution in [0.15, 0.2) is 23.0 Å². The number of hydrogen-bond donors (Lipinski definition) is 0. The molecule has 0 N–H and O–H groups in total. The summed E-state index contributed by atoms with van der Waals surface area (Å²) in [6.45, 7) is 4.27. The van der Waals surface area contributed by atoms with Gasteiger partial charge in [-0.25, -0.2) is 0 Å². The molecule has 0 aliphatic heterocycles. The highest BCUT2D eigenvalue weighted by Crippen LogP contribution is 2.32. The second-order valence-electron chi connectivity index (χ2n) is 3.94. The van der Waals surface area contributed by atoms with E-state index in [0.717, 1.165) is 12.0 Å². The normalized spacial score (nSPS) is 20.0. The van der Waals surface area contributed by atoms with Crippen molar-refractivity contribution >= 4 is 0 Å². The van der Waals surface area contributed by atoms with Crippen LogP contribution < -0.4 is 5.43 Å². The molecule has 13 heavy (non-hydrogen) atoms. The van der Waals surface area contributed by atoms with Gasteiger partial charge in [-0.05, 0) is 54.5 Å². The van der Waals surface area contributed by atoms with Crippen molar-refractivity contribution in [2.75, 3.05) is 0 Å². The summed E-state index contributed by atoms with van der Waals surface area (Å²) in [5.74, 6) is 0.625. The molecule has 1 nitrogen and oxygen atoms in total. The van der Waals surface area contributed by atoms with E-state index in [1.165, 1.54) is 17.5 Å². The Bertz CT molecular complexity index is 393. The van der Waals surface area contributed by atoms with Crippen molar-refractivity contribution in [2.45, 2.75) is 32.6 Å². The Hall–Kier alpha value is -1.11. The molecule has 0 heterocycles. The number of rotatable bonds is 0. The van der Waals surface area contributed by atoms with Crippen LogP contribution in [0.1, 0.15) is 36.0 Å². The van der Waals surface area contributed by atoms with Crippen LogP contribution in [-0.2, 0) is 6.42 Å². The Morgan fingerprint density at radius 3 is 2.92 bits per heavy atom. The summed E-state index contributed by atoms with van der Waals surface area (Å²) in [7, 11) is 0. The van der Waals surface area contributed by atoms with E-state index in [9.17, 15) is 4.79 Å². The molecule has 1 aliphatic rings. The van der Waals surface area contributed by atoms with Gasteiger partial charge >= 0.3 is 0 Å². The standard InChI is InChI=1S/C12H14O/c1-8-3-5-12-9(2)7-10(13)4-6-11(8)12/h4,6-8H,3,5H2,1-2H3/t8-/m1/s1. The van der Waals surface area contributed by atoms with E-state index in [2.05, 4.69) is 6.92 Å². The third-order valence-corrected chi connectivity index (χ3v) is 2.97. The monoisotopic (exact) mass is 174 g/mol. The molecule has 0 aromatic heterocycles. The van der Waals surface area contributed by atoms with Gasteiger partial charge in [-0.15, -0.1) is 0 Å². The van der Waals surface area contributed by atoms with Gasteiger partial charge in [-0.3, -0.25) is 4.79 Å². The van der Waals surface area contributed by atoms with Crippen molar-refractivity contribution in [3.8, 4) is 0 Å². The minimum absolute atomic E-state index is 0.124. The van der Waals surface area contributed by atoms with E-state index in [1.54, 1.807) is 12.1 Å². The Balaban J connectivity index is 2.72. The lowest BCUT2D eigenvalue weighted by Gasteiger charge is -2.00. The number of fused-ring (bicyclic) bond motifs is 1. The van der Waals surface area contributed by atoms with Gasteiger partial charge in [-0.1, -0.05) is 13.0 Å². The SMILES string of the molecule is Cc1cc(=O)ccc2c1CC[C@H]2C. The van der Waals surface area contributed by atoms with Gasteiger partial charge < -0.3 is 0 Å². The number of hydrogen-bond acceptors (Lipinski definition) is 1. The summed E-state index contributed by atoms with van der Waals surface area (Å²) in [4.78, 5) is 11.2. The first-order valence-electron chi connectivity index (χ1n) is 4.82. The van der Waals surface area contributed by atoms with Gasteiger partial charge in [0.2, 0.25) is 0 Å². The minimum Gasteiger partial charge on any atom is -0.290 e. The smallest absolute Gasteiger partial charge is 0.178 e. The summed E-state index contributed by atoms with van der Waals surface area (Å²) in [6, 6.07) is 5.44. The molecule has 0 fully saturated rings. The van der Waals surface area contributed by atoms with Crippen LogP contribution in [0.3, 0.4) is 0 Å². The van der Waals surface area contributed by atoms with Crippen molar-refractivity contribution < 1.29 is 0 Å². The van der Waals surface area contributed by atoms with Crippen LogP contribution in [0.25, 0.3) is 0 Å². The molecule has 0 unspecified atom stereocenters. The van der Waals surface area contributed by atoms with Gasteiger partial charge in [-0.2, -0.15) is 0 Å². The minimum atomic E-state index is 0.124. The maximum Gasteiger partial charge on any atom is 0.178 e. The lowest BCUT2D eigenvalue weighted by molar-refractivity contribution is 0.746. The average Bonchev–Trinajstić information content (AvgIpc) is 2.36. The predicted molar refractivity (Wildman–Crippen MR) is 54.2 cm³/mol. The summed E-state index contributed by atoms with van der Waals surface area (Å²) >= 11 is 0. The van der Waals surface area contributed by atoms with Crippen molar-refractivity contribution in [1.29, 1.82) is 0 Å². The highest BCUT2D eigenvalue weighted by atomic mass is 16.1. The fourth-order valence-electron chi connectivity index (χ4n) is 2.17. The fraction of sp³-hybridized carbons (Fsp3) is 0.417. The first-order chi connectivity index (χ1) is 6.18. The van der Waals surface area contributed by atoms with Crippen LogP contribution in [0.5, 0.6) is 0 Å². The zero-order valence-corrected chi connectivity index (χ0v) is 8.13. The summed E-state index contributed by atoms with van der Waals surface area (Å²) in [6.07, 6.45) is 2.37. The molecule has 0 amide bonds. The van der Waals surface area contributed by atoms with Crippen LogP contribution in [0.2, 0.25) is 0 Å². The Morgan fingerprint density at radius 1 is 1.38 bits per heavy atom. The van der Waals surface area contributed by atoms with Crippen LogP contribution in [-0.4, -0.2) is 0 Å². The van der Waals surface area contributed by atoms with E-state index in [4.69, 9.17) is 0 Å². The molecular formula is C12H14O. The molecule has 0 bridgehead atoms. The molecule has 1 aromatic rings. The van der Waals surface area contributed by atoms with Gasteiger partial charge in [0.25, 0.3) is 0 Å². The molecule has 2 rings (SSSR count). The van der Waals surface area contributed by atoms with Crippen molar-refractivity contribution in [3.63, 3.8) is 0 Å². The predicted octanol–water partition coefficient (Wildman–Crippen LogP) is 2.40. The third-order valence-electron chi connectivity index (χ3n) is 2.97. The maximum atomic E-state index is 11.2. The highest BCUT2D eigenvalue weighted by molar-refractivity contribution is 5.38. The van der Waals surface area contributed by atoms with E-state index >= 15 is 0 Å². The van der Waals surface area contributed by atoms with Gasteiger partial charge in [0.1, 0.15) is 0 Å². The fourth-order valence-corrected chi connectivity index (χ4v) is 2.17. The first-order valence-corrected chi connectivity index (χ1v) is 4.82. The maximum absolute atomic E-state index is 11.2. The lowest BCUT2D eigenvalue weighted by Crippen LogP contribution is -1.91. The van der Waals surface area contributed by atoms with Gasteiger partial charge in [0, 0.05) is 0 Å². The molecule has 68 valence electrons.